The van der Waals surface area contributed by atoms with E-state index in [4.69, 9.17) is 4.74 Å². The van der Waals surface area contributed by atoms with Crippen molar-refractivity contribution < 1.29 is 4.74 Å². The van der Waals surface area contributed by atoms with Crippen LogP contribution in [-0.4, -0.2) is 12.6 Å². The fourth-order valence-electron chi connectivity index (χ4n) is 2.70. The van der Waals surface area contributed by atoms with Crippen LogP contribution in [0.3, 0.4) is 0 Å². The highest BCUT2D eigenvalue weighted by Gasteiger charge is 2.32. The monoisotopic (exact) mass is 274 g/mol. The molecule has 0 atom stereocenters. The fraction of sp³-hybridized carbons (Fsp3) is 0.588. The van der Waals surface area contributed by atoms with Crippen molar-refractivity contribution >= 4 is 5.69 Å². The van der Waals surface area contributed by atoms with E-state index in [0.717, 1.165) is 24.3 Å². The van der Waals surface area contributed by atoms with Crippen LogP contribution in [0.1, 0.15) is 40.5 Å². The maximum atomic E-state index is 9.75. The first-order valence-electron chi connectivity index (χ1n) is 7.25. The number of hydrogen-bond acceptors (Lipinski definition) is 3. The molecule has 0 heterocycles. The van der Waals surface area contributed by atoms with Crippen LogP contribution in [0.15, 0.2) is 24.3 Å². The van der Waals surface area contributed by atoms with Crippen molar-refractivity contribution in [1.82, 2.24) is 0 Å². The Morgan fingerprint density at radius 1 is 1.15 bits per heavy atom. The molecule has 0 spiro atoms. The van der Waals surface area contributed by atoms with Gasteiger partial charge in [-0.05, 0) is 36.8 Å². The van der Waals surface area contributed by atoms with Crippen molar-refractivity contribution in [2.45, 2.75) is 46.1 Å². The van der Waals surface area contributed by atoms with Crippen molar-refractivity contribution in [2.24, 2.45) is 11.8 Å². The zero-order valence-corrected chi connectivity index (χ0v) is 13.2. The van der Waals surface area contributed by atoms with Gasteiger partial charge >= 0.3 is 0 Å². The van der Waals surface area contributed by atoms with Crippen LogP contribution in [-0.2, 0) is 0 Å². The predicted octanol–water partition coefficient (Wildman–Crippen LogP) is 4.46. The van der Waals surface area contributed by atoms with Gasteiger partial charge in [0.1, 0.15) is 11.3 Å². The van der Waals surface area contributed by atoms with E-state index in [1.807, 2.05) is 24.3 Å². The molecule has 3 nitrogen and oxygen atoms in total. The van der Waals surface area contributed by atoms with Gasteiger partial charge < -0.3 is 10.1 Å². The Labute approximate surface area is 123 Å². The van der Waals surface area contributed by atoms with E-state index in [1.165, 1.54) is 0 Å². The minimum absolute atomic E-state index is 0.454. The normalized spacial score (nSPS) is 11.5. The van der Waals surface area contributed by atoms with Gasteiger partial charge in [0.05, 0.1) is 18.9 Å². The van der Waals surface area contributed by atoms with Gasteiger partial charge in [-0.15, -0.1) is 0 Å². The molecule has 0 bridgehead atoms. The Hall–Kier alpha value is -1.69. The van der Waals surface area contributed by atoms with Crippen molar-refractivity contribution in [3.8, 4) is 11.8 Å². The molecule has 0 fully saturated rings. The number of rotatable bonds is 7. The molecule has 20 heavy (non-hydrogen) atoms. The van der Waals surface area contributed by atoms with Gasteiger partial charge in [-0.1, -0.05) is 39.8 Å². The third kappa shape index (κ3) is 4.45. The number of anilines is 1. The van der Waals surface area contributed by atoms with Crippen molar-refractivity contribution in [3.63, 3.8) is 0 Å². The first-order chi connectivity index (χ1) is 9.42. The number of ether oxygens (including phenoxy) is 1. The second-order valence-electron chi connectivity index (χ2n) is 6.22. The third-order valence-electron chi connectivity index (χ3n) is 3.21. The lowest BCUT2D eigenvalue weighted by Crippen LogP contribution is -2.39. The molecule has 0 aliphatic carbocycles. The molecule has 3 heteroatoms. The number of para-hydroxylation sites is 2. The van der Waals surface area contributed by atoms with Gasteiger partial charge in [0.25, 0.3) is 0 Å². The van der Waals surface area contributed by atoms with E-state index in [2.05, 4.69) is 39.1 Å². The molecule has 1 rings (SSSR count). The lowest BCUT2D eigenvalue weighted by atomic mass is 9.82. The van der Waals surface area contributed by atoms with E-state index in [-0.39, 0.29) is 0 Å². The van der Waals surface area contributed by atoms with Crippen LogP contribution >= 0.6 is 0 Å². The summed E-state index contributed by atoms with van der Waals surface area (Å²) in [7, 11) is 1.65. The quantitative estimate of drug-likeness (QED) is 0.798. The third-order valence-corrected chi connectivity index (χ3v) is 3.21. The Kier molecular flexibility index (Phi) is 5.88. The van der Waals surface area contributed by atoms with Crippen LogP contribution in [0.5, 0.6) is 5.75 Å². The second-order valence-corrected chi connectivity index (χ2v) is 6.22. The molecule has 1 aromatic rings. The first kappa shape index (κ1) is 16.4. The van der Waals surface area contributed by atoms with Gasteiger partial charge in [0.15, 0.2) is 0 Å². The van der Waals surface area contributed by atoms with Gasteiger partial charge in [0.2, 0.25) is 0 Å². The number of hydrogen-bond donors (Lipinski definition) is 1. The Morgan fingerprint density at radius 2 is 1.70 bits per heavy atom. The van der Waals surface area contributed by atoms with Crippen LogP contribution in [0.2, 0.25) is 0 Å². The summed E-state index contributed by atoms with van der Waals surface area (Å²) >= 11 is 0. The van der Waals surface area contributed by atoms with Crippen molar-refractivity contribution in [3.05, 3.63) is 24.3 Å². The topological polar surface area (TPSA) is 45.0 Å². The molecule has 0 aliphatic heterocycles. The van der Waals surface area contributed by atoms with E-state index in [1.54, 1.807) is 7.11 Å². The average molecular weight is 274 g/mol. The van der Waals surface area contributed by atoms with Gasteiger partial charge in [0, 0.05) is 0 Å². The van der Waals surface area contributed by atoms with Crippen LogP contribution in [0, 0.1) is 23.2 Å². The second kappa shape index (κ2) is 7.19. The van der Waals surface area contributed by atoms with E-state index in [0.29, 0.717) is 11.8 Å². The maximum absolute atomic E-state index is 9.75. The summed E-state index contributed by atoms with van der Waals surface area (Å²) in [5.41, 5.74) is 0.342. The Morgan fingerprint density at radius 3 is 2.15 bits per heavy atom. The molecule has 0 aromatic heterocycles. The van der Waals surface area contributed by atoms with Crippen molar-refractivity contribution in [2.75, 3.05) is 12.4 Å². The minimum Gasteiger partial charge on any atom is -0.495 e. The molecule has 110 valence electrons. The number of nitrogens with one attached hydrogen (secondary N) is 1. The highest BCUT2D eigenvalue weighted by molar-refractivity contribution is 5.58. The number of nitriles is 1. The van der Waals surface area contributed by atoms with Crippen molar-refractivity contribution in [1.29, 1.82) is 5.26 Å². The maximum Gasteiger partial charge on any atom is 0.141 e. The molecular weight excluding hydrogens is 248 g/mol. The highest BCUT2D eigenvalue weighted by atomic mass is 16.5. The molecule has 0 saturated heterocycles. The molecule has 0 aliphatic rings. The molecule has 0 saturated carbocycles. The van der Waals surface area contributed by atoms with Gasteiger partial charge in [-0.25, -0.2) is 0 Å². The standard InChI is InChI=1S/C17H26N2O/c1-13(2)10-17(12-18,11-14(3)4)19-15-8-6-7-9-16(15)20-5/h6-9,13-14,19H,10-11H2,1-5H3. The summed E-state index contributed by atoms with van der Waals surface area (Å²) < 4.78 is 5.37. The summed E-state index contributed by atoms with van der Waals surface area (Å²) in [6.07, 6.45) is 1.64. The molecule has 0 radical (unpaired) electrons. The lowest BCUT2D eigenvalue weighted by Gasteiger charge is -2.32. The molecule has 1 N–H and O–H groups in total. The number of nitrogens with zero attached hydrogens (tertiary/aromatic N) is 1. The van der Waals surface area contributed by atoms with E-state index >= 15 is 0 Å². The zero-order chi connectivity index (χ0) is 15.2. The summed E-state index contributed by atoms with van der Waals surface area (Å²) in [4.78, 5) is 0. The lowest BCUT2D eigenvalue weighted by molar-refractivity contribution is 0.371. The Bertz CT molecular complexity index is 450. The van der Waals surface area contributed by atoms with Crippen LogP contribution in [0.25, 0.3) is 0 Å². The summed E-state index contributed by atoms with van der Waals surface area (Å²) in [6.45, 7) is 8.60. The first-order valence-corrected chi connectivity index (χ1v) is 7.25. The van der Waals surface area contributed by atoms with Crippen LogP contribution in [0.4, 0.5) is 5.69 Å². The van der Waals surface area contributed by atoms with E-state index < -0.39 is 5.54 Å². The molecular formula is C17H26N2O. The smallest absolute Gasteiger partial charge is 0.141 e. The van der Waals surface area contributed by atoms with E-state index in [9.17, 15) is 5.26 Å². The molecule has 0 unspecified atom stereocenters. The minimum atomic E-state index is -0.545. The summed E-state index contributed by atoms with van der Waals surface area (Å²) in [5, 5.41) is 13.2. The SMILES string of the molecule is COc1ccccc1NC(C#N)(CC(C)C)CC(C)C. The largest absolute Gasteiger partial charge is 0.495 e. The summed E-state index contributed by atoms with van der Waals surface area (Å²) in [6, 6.07) is 10.3. The predicted molar refractivity (Wildman–Crippen MR) is 83.9 cm³/mol. The fourth-order valence-corrected chi connectivity index (χ4v) is 2.70. The molecule has 0 amide bonds. The molecule has 1 aromatic carbocycles. The number of benzene rings is 1. The highest BCUT2D eigenvalue weighted by Crippen LogP contribution is 2.32. The average Bonchev–Trinajstić information content (AvgIpc) is 2.37. The van der Waals surface area contributed by atoms with Gasteiger partial charge in [-0.2, -0.15) is 5.26 Å². The van der Waals surface area contributed by atoms with Gasteiger partial charge in [-0.3, -0.25) is 0 Å². The Balaban J connectivity index is 3.08. The van der Waals surface area contributed by atoms with Crippen LogP contribution < -0.4 is 10.1 Å². The number of methoxy groups -OCH3 is 1. The zero-order valence-electron chi connectivity index (χ0n) is 13.2. The summed E-state index contributed by atoms with van der Waals surface area (Å²) in [5.74, 6) is 1.69.